The molecular weight excluding hydrogens is 222 g/mol. The minimum atomic E-state index is -0.0439. The fourth-order valence-corrected chi connectivity index (χ4v) is 1.96. The first-order valence-corrected chi connectivity index (χ1v) is 5.51. The van der Waals surface area contributed by atoms with Gasteiger partial charge in [-0.05, 0) is 37.6 Å². The number of aryl methyl sites for hydroxylation is 1. The van der Waals surface area contributed by atoms with Gasteiger partial charge < -0.3 is 10.3 Å². The van der Waals surface area contributed by atoms with Crippen LogP contribution in [0.2, 0.25) is 5.02 Å². The van der Waals surface area contributed by atoms with E-state index in [1.165, 1.54) is 0 Å². The second kappa shape index (κ2) is 4.28. The predicted octanol–water partition coefficient (Wildman–Crippen LogP) is 2.85. The molecule has 0 spiro atoms. The molecule has 0 aliphatic heterocycles. The van der Waals surface area contributed by atoms with Crippen molar-refractivity contribution in [3.63, 3.8) is 0 Å². The quantitative estimate of drug-likeness (QED) is 0.870. The summed E-state index contributed by atoms with van der Waals surface area (Å²) >= 11 is 5.93. The Morgan fingerprint density at radius 2 is 2.19 bits per heavy atom. The molecule has 1 aromatic heterocycles. The lowest BCUT2D eigenvalue weighted by molar-refractivity contribution is 0.751. The third-order valence-electron chi connectivity index (χ3n) is 2.55. The summed E-state index contributed by atoms with van der Waals surface area (Å²) in [6.07, 6.45) is 3.56. The zero-order valence-corrected chi connectivity index (χ0v) is 10.1. The van der Waals surface area contributed by atoms with Gasteiger partial charge in [-0.25, -0.2) is 4.98 Å². The van der Waals surface area contributed by atoms with E-state index in [0.717, 1.165) is 22.0 Å². The molecule has 0 aliphatic rings. The molecule has 0 radical (unpaired) electrons. The number of nitrogens with zero attached hydrogens (tertiary/aromatic N) is 2. The maximum atomic E-state index is 5.93. The predicted molar refractivity (Wildman–Crippen MR) is 65.9 cm³/mol. The molecule has 84 valence electrons. The SMILES string of the molecule is Cc1cc(Cl)ccc1-n1cncc1C(C)N. The van der Waals surface area contributed by atoms with Gasteiger partial charge in [-0.3, -0.25) is 0 Å². The number of aromatic nitrogens is 2. The highest BCUT2D eigenvalue weighted by molar-refractivity contribution is 6.30. The topological polar surface area (TPSA) is 43.8 Å². The van der Waals surface area contributed by atoms with E-state index in [2.05, 4.69) is 4.98 Å². The molecule has 0 fully saturated rings. The molecule has 2 N–H and O–H groups in total. The standard InChI is InChI=1S/C12H14ClN3/c1-8-5-10(13)3-4-11(8)16-7-15-6-12(16)9(2)14/h3-7,9H,14H2,1-2H3. The minimum Gasteiger partial charge on any atom is -0.323 e. The van der Waals surface area contributed by atoms with Gasteiger partial charge in [0.05, 0.1) is 18.2 Å². The first kappa shape index (κ1) is 11.2. The molecule has 0 bridgehead atoms. The highest BCUT2D eigenvalue weighted by Crippen LogP contribution is 2.22. The highest BCUT2D eigenvalue weighted by atomic mass is 35.5. The summed E-state index contributed by atoms with van der Waals surface area (Å²) in [5.74, 6) is 0. The van der Waals surface area contributed by atoms with Crippen LogP contribution in [0, 0.1) is 6.92 Å². The molecule has 2 aromatic rings. The molecule has 0 saturated heterocycles. The van der Waals surface area contributed by atoms with Crippen molar-refractivity contribution in [3.8, 4) is 5.69 Å². The first-order valence-electron chi connectivity index (χ1n) is 5.14. The van der Waals surface area contributed by atoms with Crippen LogP contribution in [0.3, 0.4) is 0 Å². The van der Waals surface area contributed by atoms with Crippen LogP contribution in [0.15, 0.2) is 30.7 Å². The number of hydrogen-bond donors (Lipinski definition) is 1. The van der Waals surface area contributed by atoms with Crippen molar-refractivity contribution in [1.82, 2.24) is 9.55 Å². The lowest BCUT2D eigenvalue weighted by atomic mass is 10.2. The largest absolute Gasteiger partial charge is 0.323 e. The van der Waals surface area contributed by atoms with Crippen molar-refractivity contribution in [1.29, 1.82) is 0 Å². The van der Waals surface area contributed by atoms with Crippen LogP contribution in [0.25, 0.3) is 5.69 Å². The van der Waals surface area contributed by atoms with Gasteiger partial charge in [0, 0.05) is 16.8 Å². The molecule has 0 aliphatic carbocycles. The number of halogens is 1. The highest BCUT2D eigenvalue weighted by Gasteiger charge is 2.10. The van der Waals surface area contributed by atoms with Crippen molar-refractivity contribution in [3.05, 3.63) is 47.0 Å². The molecule has 1 atom stereocenters. The number of imidazole rings is 1. The smallest absolute Gasteiger partial charge is 0.0994 e. The number of hydrogen-bond acceptors (Lipinski definition) is 2. The van der Waals surface area contributed by atoms with Crippen LogP contribution in [0.1, 0.15) is 24.2 Å². The zero-order chi connectivity index (χ0) is 11.7. The molecule has 1 heterocycles. The van der Waals surface area contributed by atoms with Gasteiger partial charge in [0.2, 0.25) is 0 Å². The van der Waals surface area contributed by atoms with E-state index in [4.69, 9.17) is 17.3 Å². The van der Waals surface area contributed by atoms with Gasteiger partial charge in [-0.2, -0.15) is 0 Å². The van der Waals surface area contributed by atoms with Crippen LogP contribution in [0.5, 0.6) is 0 Å². The molecule has 16 heavy (non-hydrogen) atoms. The maximum Gasteiger partial charge on any atom is 0.0994 e. The molecular formula is C12H14ClN3. The second-order valence-electron chi connectivity index (χ2n) is 3.91. The third kappa shape index (κ3) is 1.96. The monoisotopic (exact) mass is 235 g/mol. The van der Waals surface area contributed by atoms with Gasteiger partial charge in [0.15, 0.2) is 0 Å². The van der Waals surface area contributed by atoms with Gasteiger partial charge in [-0.15, -0.1) is 0 Å². The van der Waals surface area contributed by atoms with E-state index >= 15 is 0 Å². The van der Waals surface area contributed by atoms with Crippen molar-refractivity contribution in [2.24, 2.45) is 5.73 Å². The van der Waals surface area contributed by atoms with Crippen LogP contribution in [-0.2, 0) is 0 Å². The van der Waals surface area contributed by atoms with E-state index in [1.54, 1.807) is 12.5 Å². The Kier molecular flexibility index (Phi) is 2.99. The molecule has 0 saturated carbocycles. The van der Waals surface area contributed by atoms with Crippen LogP contribution in [-0.4, -0.2) is 9.55 Å². The molecule has 1 unspecified atom stereocenters. The fourth-order valence-electron chi connectivity index (χ4n) is 1.73. The molecule has 1 aromatic carbocycles. The van der Waals surface area contributed by atoms with Crippen LogP contribution in [0.4, 0.5) is 0 Å². The van der Waals surface area contributed by atoms with Crippen molar-refractivity contribution >= 4 is 11.6 Å². The summed E-state index contributed by atoms with van der Waals surface area (Å²) in [6, 6.07) is 5.74. The maximum absolute atomic E-state index is 5.93. The molecule has 0 amide bonds. The minimum absolute atomic E-state index is 0.0439. The average Bonchev–Trinajstić information content (AvgIpc) is 2.66. The summed E-state index contributed by atoms with van der Waals surface area (Å²) < 4.78 is 2.00. The molecule has 4 heteroatoms. The zero-order valence-electron chi connectivity index (χ0n) is 9.31. The Morgan fingerprint density at radius 1 is 1.44 bits per heavy atom. The van der Waals surface area contributed by atoms with E-state index in [1.807, 2.05) is 36.6 Å². The average molecular weight is 236 g/mol. The van der Waals surface area contributed by atoms with Crippen molar-refractivity contribution in [2.75, 3.05) is 0 Å². The Balaban J connectivity index is 2.54. The van der Waals surface area contributed by atoms with Crippen molar-refractivity contribution in [2.45, 2.75) is 19.9 Å². The Bertz CT molecular complexity index is 503. The third-order valence-corrected chi connectivity index (χ3v) is 2.79. The second-order valence-corrected chi connectivity index (χ2v) is 4.34. The van der Waals surface area contributed by atoms with Gasteiger partial charge in [0.1, 0.15) is 0 Å². The normalized spacial score (nSPS) is 12.8. The summed E-state index contributed by atoms with van der Waals surface area (Å²) in [5, 5.41) is 0.740. The summed E-state index contributed by atoms with van der Waals surface area (Å²) in [6.45, 7) is 3.96. The lowest BCUT2D eigenvalue weighted by Crippen LogP contribution is -2.11. The van der Waals surface area contributed by atoms with E-state index in [0.29, 0.717) is 0 Å². The fraction of sp³-hybridized carbons (Fsp3) is 0.250. The first-order chi connectivity index (χ1) is 7.59. The number of rotatable bonds is 2. The summed E-state index contributed by atoms with van der Waals surface area (Å²) in [4.78, 5) is 4.13. The lowest BCUT2D eigenvalue weighted by Gasteiger charge is -2.13. The van der Waals surface area contributed by atoms with E-state index < -0.39 is 0 Å². The van der Waals surface area contributed by atoms with Crippen LogP contribution >= 0.6 is 11.6 Å². The van der Waals surface area contributed by atoms with Crippen LogP contribution < -0.4 is 5.73 Å². The van der Waals surface area contributed by atoms with E-state index in [-0.39, 0.29) is 6.04 Å². The number of benzene rings is 1. The van der Waals surface area contributed by atoms with Gasteiger partial charge >= 0.3 is 0 Å². The van der Waals surface area contributed by atoms with Gasteiger partial charge in [-0.1, -0.05) is 11.6 Å². The Labute approximate surface area is 99.9 Å². The summed E-state index contributed by atoms with van der Waals surface area (Å²) in [7, 11) is 0. The van der Waals surface area contributed by atoms with E-state index in [9.17, 15) is 0 Å². The number of nitrogens with two attached hydrogens (primary N) is 1. The van der Waals surface area contributed by atoms with Crippen molar-refractivity contribution < 1.29 is 0 Å². The Morgan fingerprint density at radius 3 is 2.81 bits per heavy atom. The summed E-state index contributed by atoms with van der Waals surface area (Å²) in [5.41, 5.74) is 9.05. The Hall–Kier alpha value is -1.32. The molecule has 2 rings (SSSR count). The molecule has 3 nitrogen and oxygen atoms in total. The van der Waals surface area contributed by atoms with Gasteiger partial charge in [0.25, 0.3) is 0 Å².